The number of nitro benzene ring substituents is 1. The molecule has 1 aliphatic heterocycles. The number of benzene rings is 3. The first kappa shape index (κ1) is 25.2. The maximum atomic E-state index is 13.5. The highest BCUT2D eigenvalue weighted by Crippen LogP contribution is 2.37. The second kappa shape index (κ2) is 10.9. The van der Waals surface area contributed by atoms with Gasteiger partial charge in [0, 0.05) is 81.2 Å². The molecule has 0 radical (unpaired) electrons. The van der Waals surface area contributed by atoms with Gasteiger partial charge in [-0.2, -0.15) is 0 Å². The summed E-state index contributed by atoms with van der Waals surface area (Å²) in [5.74, 6) is -0.250. The van der Waals surface area contributed by atoms with Gasteiger partial charge in [0.1, 0.15) is 0 Å². The smallest absolute Gasteiger partial charge is 0.270 e. The van der Waals surface area contributed by atoms with Crippen LogP contribution in [0.4, 0.5) is 5.69 Å². The molecule has 0 spiro atoms. The number of rotatable bonds is 7. The number of nitrogens with zero attached hydrogens (tertiary/aromatic N) is 4. The zero-order chi connectivity index (χ0) is 26.6. The Bertz CT molecular complexity index is 1460. The predicted molar refractivity (Wildman–Crippen MR) is 146 cm³/mol. The van der Waals surface area contributed by atoms with Crippen molar-refractivity contribution in [3.8, 4) is 0 Å². The van der Waals surface area contributed by atoms with Crippen molar-refractivity contribution < 1.29 is 14.5 Å². The largest absolute Gasteiger partial charge is 0.343 e. The number of aromatic nitrogens is 1. The minimum absolute atomic E-state index is 0.0106. The van der Waals surface area contributed by atoms with E-state index in [1.165, 1.54) is 6.07 Å². The first-order valence-electron chi connectivity index (χ1n) is 12.8. The van der Waals surface area contributed by atoms with E-state index in [1.54, 1.807) is 24.0 Å². The van der Waals surface area contributed by atoms with Crippen molar-refractivity contribution in [3.05, 3.63) is 112 Å². The fourth-order valence-electron chi connectivity index (χ4n) is 5.28. The molecular weight excluding hydrogens is 480 g/mol. The number of non-ortho nitro benzene ring substituents is 1. The van der Waals surface area contributed by atoms with Crippen LogP contribution >= 0.6 is 0 Å². The molecule has 1 saturated heterocycles. The molecule has 3 aromatic carbocycles. The molecule has 1 aliphatic rings. The van der Waals surface area contributed by atoms with Gasteiger partial charge >= 0.3 is 0 Å². The van der Waals surface area contributed by atoms with Crippen LogP contribution in [0.1, 0.15) is 36.0 Å². The molecule has 1 unspecified atom stereocenters. The second-order valence-corrected chi connectivity index (χ2v) is 9.71. The molecule has 8 nitrogen and oxygen atoms in total. The Hall–Kier alpha value is -4.46. The topological polar surface area (TPSA) is 88.7 Å². The minimum atomic E-state index is -0.380. The number of carbonyl (C=O) groups excluding carboxylic acids is 2. The molecule has 1 aromatic heterocycles. The van der Waals surface area contributed by atoms with Gasteiger partial charge in [0.2, 0.25) is 11.8 Å². The summed E-state index contributed by atoms with van der Waals surface area (Å²) in [4.78, 5) is 40.1. The molecule has 1 atom stereocenters. The van der Waals surface area contributed by atoms with Gasteiger partial charge in [0.25, 0.3) is 5.69 Å². The van der Waals surface area contributed by atoms with E-state index in [-0.39, 0.29) is 34.8 Å². The van der Waals surface area contributed by atoms with Gasteiger partial charge in [-0.3, -0.25) is 19.7 Å². The summed E-state index contributed by atoms with van der Waals surface area (Å²) in [6.07, 6.45) is 2.28. The Labute approximate surface area is 221 Å². The molecular formula is C30H30N4O4. The van der Waals surface area contributed by atoms with E-state index < -0.39 is 0 Å². The standard InChI is InChI=1S/C30H30N4O4/c1-22(35)31-14-16-32(17-15-31)30(36)19-26(24-10-6-3-7-11-24)28-21-33(20-23-8-4-2-5-9-23)29-13-12-25(34(37)38)18-27(28)29/h2-13,18,21,26H,14-17,19-20H2,1H3. The number of hydrogen-bond donors (Lipinski definition) is 0. The summed E-state index contributed by atoms with van der Waals surface area (Å²) in [7, 11) is 0. The molecule has 8 heteroatoms. The highest BCUT2D eigenvalue weighted by Gasteiger charge is 2.28. The van der Waals surface area contributed by atoms with Crippen molar-refractivity contribution >= 4 is 28.4 Å². The predicted octanol–water partition coefficient (Wildman–Crippen LogP) is 4.81. The monoisotopic (exact) mass is 510 g/mol. The zero-order valence-electron chi connectivity index (χ0n) is 21.3. The summed E-state index contributed by atoms with van der Waals surface area (Å²) in [5.41, 5.74) is 3.90. The average molecular weight is 511 g/mol. The first-order valence-corrected chi connectivity index (χ1v) is 12.8. The van der Waals surface area contributed by atoms with Gasteiger partial charge in [-0.05, 0) is 22.8 Å². The molecule has 2 heterocycles. The van der Waals surface area contributed by atoms with Crippen molar-refractivity contribution in [1.29, 1.82) is 0 Å². The number of nitro groups is 1. The van der Waals surface area contributed by atoms with Crippen molar-refractivity contribution in [2.45, 2.75) is 25.8 Å². The third-order valence-electron chi connectivity index (χ3n) is 7.34. The van der Waals surface area contributed by atoms with Gasteiger partial charge in [-0.15, -0.1) is 0 Å². The lowest BCUT2D eigenvalue weighted by molar-refractivity contribution is -0.384. The lowest BCUT2D eigenvalue weighted by Crippen LogP contribution is -2.50. The van der Waals surface area contributed by atoms with Gasteiger partial charge in [0.15, 0.2) is 0 Å². The maximum Gasteiger partial charge on any atom is 0.270 e. The Kier molecular flexibility index (Phi) is 7.22. The zero-order valence-corrected chi connectivity index (χ0v) is 21.3. The SMILES string of the molecule is CC(=O)N1CCN(C(=O)CC(c2ccccc2)c2cn(Cc3ccccc3)c3ccc([N+](=O)[O-])cc23)CC1. The maximum absolute atomic E-state index is 13.5. The van der Waals surface area contributed by atoms with E-state index in [0.29, 0.717) is 32.7 Å². The molecule has 5 rings (SSSR count). The summed E-state index contributed by atoms with van der Waals surface area (Å²) in [6, 6.07) is 24.8. The number of carbonyl (C=O) groups is 2. The summed E-state index contributed by atoms with van der Waals surface area (Å²) in [6.45, 7) is 4.21. The quantitative estimate of drug-likeness (QED) is 0.264. The summed E-state index contributed by atoms with van der Waals surface area (Å²) >= 11 is 0. The number of piperazine rings is 1. The van der Waals surface area contributed by atoms with Gasteiger partial charge in [0.05, 0.1) is 4.92 Å². The van der Waals surface area contributed by atoms with Crippen molar-refractivity contribution in [3.63, 3.8) is 0 Å². The molecule has 1 fully saturated rings. The molecule has 0 bridgehead atoms. The van der Waals surface area contributed by atoms with Crippen LogP contribution in [0, 0.1) is 10.1 Å². The summed E-state index contributed by atoms with van der Waals surface area (Å²) < 4.78 is 2.11. The lowest BCUT2D eigenvalue weighted by atomic mass is 9.87. The molecule has 0 saturated carbocycles. The fourth-order valence-corrected chi connectivity index (χ4v) is 5.28. The van der Waals surface area contributed by atoms with Gasteiger partial charge < -0.3 is 14.4 Å². The van der Waals surface area contributed by atoms with Crippen molar-refractivity contribution in [1.82, 2.24) is 14.4 Å². The molecule has 2 amide bonds. The molecule has 38 heavy (non-hydrogen) atoms. The Morgan fingerprint density at radius 2 is 1.53 bits per heavy atom. The normalized spacial score (nSPS) is 14.4. The van der Waals surface area contributed by atoms with Crippen LogP contribution in [0.25, 0.3) is 10.9 Å². The number of amides is 2. The van der Waals surface area contributed by atoms with Crippen LogP contribution in [0.5, 0.6) is 0 Å². The van der Waals surface area contributed by atoms with E-state index in [9.17, 15) is 19.7 Å². The number of fused-ring (bicyclic) bond motifs is 1. The highest BCUT2D eigenvalue weighted by atomic mass is 16.6. The molecule has 0 N–H and O–H groups in total. The van der Waals surface area contributed by atoms with Crippen LogP contribution in [0.3, 0.4) is 0 Å². The van der Waals surface area contributed by atoms with Crippen LogP contribution in [-0.2, 0) is 16.1 Å². The average Bonchev–Trinajstić information content (AvgIpc) is 3.29. The lowest BCUT2D eigenvalue weighted by Gasteiger charge is -2.35. The van der Waals surface area contributed by atoms with E-state index >= 15 is 0 Å². The Morgan fingerprint density at radius 1 is 0.895 bits per heavy atom. The van der Waals surface area contributed by atoms with Crippen molar-refractivity contribution in [2.75, 3.05) is 26.2 Å². The van der Waals surface area contributed by atoms with E-state index in [2.05, 4.69) is 16.7 Å². The molecule has 194 valence electrons. The van der Waals surface area contributed by atoms with E-state index in [1.807, 2.05) is 59.6 Å². The van der Waals surface area contributed by atoms with Crippen LogP contribution < -0.4 is 0 Å². The second-order valence-electron chi connectivity index (χ2n) is 9.71. The third kappa shape index (κ3) is 5.29. The molecule has 0 aliphatic carbocycles. The highest BCUT2D eigenvalue weighted by molar-refractivity contribution is 5.88. The van der Waals surface area contributed by atoms with Crippen LogP contribution in [0.15, 0.2) is 85.1 Å². The van der Waals surface area contributed by atoms with Gasteiger partial charge in [-0.25, -0.2) is 0 Å². The first-order chi connectivity index (χ1) is 18.4. The Morgan fingerprint density at radius 3 is 2.16 bits per heavy atom. The Balaban J connectivity index is 1.54. The van der Waals surface area contributed by atoms with Crippen LogP contribution in [-0.4, -0.2) is 57.3 Å². The number of hydrogen-bond acceptors (Lipinski definition) is 4. The summed E-state index contributed by atoms with van der Waals surface area (Å²) in [5, 5.41) is 12.4. The third-order valence-corrected chi connectivity index (χ3v) is 7.34. The van der Waals surface area contributed by atoms with Crippen LogP contribution in [0.2, 0.25) is 0 Å². The minimum Gasteiger partial charge on any atom is -0.343 e. The van der Waals surface area contributed by atoms with Crippen molar-refractivity contribution in [2.24, 2.45) is 0 Å². The van der Waals surface area contributed by atoms with E-state index in [4.69, 9.17) is 0 Å². The van der Waals surface area contributed by atoms with Gasteiger partial charge in [-0.1, -0.05) is 60.7 Å². The molecule has 4 aromatic rings. The fraction of sp³-hybridized carbons (Fsp3) is 0.267. The van der Waals surface area contributed by atoms with E-state index in [0.717, 1.165) is 27.6 Å².